The van der Waals surface area contributed by atoms with Crippen LogP contribution in [0.1, 0.15) is 83.6 Å². The van der Waals surface area contributed by atoms with Gasteiger partial charge in [-0.05, 0) is 110 Å². The van der Waals surface area contributed by atoms with Crippen LogP contribution in [0.4, 0.5) is 5.69 Å². The molecule has 0 aromatic heterocycles. The Morgan fingerprint density at radius 1 is 1.00 bits per heavy atom. The topological polar surface area (TPSA) is 40.5 Å². The summed E-state index contributed by atoms with van der Waals surface area (Å²) in [7, 11) is 4.11. The quantitative estimate of drug-likeness (QED) is 0.556. The summed E-state index contributed by atoms with van der Waals surface area (Å²) in [6.07, 6.45) is 14.8. The minimum atomic E-state index is -1.08. The van der Waals surface area contributed by atoms with Crippen molar-refractivity contribution in [3.63, 3.8) is 0 Å². The molecule has 4 saturated carbocycles. The summed E-state index contributed by atoms with van der Waals surface area (Å²) in [6, 6.07) is 8.66. The smallest absolute Gasteiger partial charge is 0.133 e. The zero-order valence-corrected chi connectivity index (χ0v) is 21.8. The third kappa shape index (κ3) is 3.39. The van der Waals surface area contributed by atoms with E-state index >= 15 is 0 Å². The number of benzene rings is 1. The standard InChI is InChI=1S/C31H43NO2/c1-7-31(34)18-22-10-13-24-26-15-14-25(20(2)33)29(26,3)17-16-27(24)30(22,4)19-28(31)21-8-11-23(12-9-21)32(5)6/h1,8-9,11-12,22,24-28,34H,10,13-19H2,2-6H3/t22-,24+,25-,26+,27+,28?,29-,30+,31-/m1/s1. The van der Waals surface area contributed by atoms with E-state index in [0.29, 0.717) is 35.9 Å². The number of ketones is 1. The first-order valence-corrected chi connectivity index (χ1v) is 13.5. The number of hydrogen-bond donors (Lipinski definition) is 1. The van der Waals surface area contributed by atoms with E-state index in [4.69, 9.17) is 6.42 Å². The average Bonchev–Trinajstić information content (AvgIpc) is 3.17. The van der Waals surface area contributed by atoms with Crippen LogP contribution < -0.4 is 4.90 Å². The molecule has 0 spiro atoms. The number of Topliss-reactive ketones (excluding diaryl/α,β-unsaturated/α-hetero) is 1. The fraction of sp³-hybridized carbons (Fsp3) is 0.710. The van der Waals surface area contributed by atoms with Gasteiger partial charge in [-0.2, -0.15) is 0 Å². The van der Waals surface area contributed by atoms with Crippen molar-refractivity contribution in [1.29, 1.82) is 0 Å². The maximum absolute atomic E-state index is 12.5. The highest BCUT2D eigenvalue weighted by atomic mass is 16.3. The highest BCUT2D eigenvalue weighted by Gasteiger charge is 2.63. The van der Waals surface area contributed by atoms with Crippen LogP contribution in [-0.2, 0) is 4.79 Å². The van der Waals surface area contributed by atoms with Crippen LogP contribution in [0.15, 0.2) is 24.3 Å². The Bertz CT molecular complexity index is 992. The molecule has 184 valence electrons. The Kier molecular flexibility index (Phi) is 5.72. The summed E-state index contributed by atoms with van der Waals surface area (Å²) in [5, 5.41) is 11.7. The lowest BCUT2D eigenvalue weighted by Crippen LogP contribution is -2.58. The lowest BCUT2D eigenvalue weighted by molar-refractivity contribution is -0.149. The zero-order valence-electron chi connectivity index (χ0n) is 21.8. The van der Waals surface area contributed by atoms with Gasteiger partial charge in [-0.1, -0.05) is 31.9 Å². The van der Waals surface area contributed by atoms with Gasteiger partial charge in [0.1, 0.15) is 11.4 Å². The molecule has 0 radical (unpaired) electrons. The molecular formula is C31H43NO2. The highest BCUT2D eigenvalue weighted by molar-refractivity contribution is 5.79. The van der Waals surface area contributed by atoms with Crippen LogP contribution in [0, 0.1) is 52.8 Å². The highest BCUT2D eigenvalue weighted by Crippen LogP contribution is 2.69. The molecule has 4 aliphatic rings. The molecule has 3 heteroatoms. The number of rotatable bonds is 3. The van der Waals surface area contributed by atoms with Crippen molar-refractivity contribution in [2.75, 3.05) is 19.0 Å². The van der Waals surface area contributed by atoms with Crippen molar-refractivity contribution < 1.29 is 9.90 Å². The maximum atomic E-state index is 12.5. The lowest BCUT2D eigenvalue weighted by atomic mass is 9.42. The van der Waals surface area contributed by atoms with E-state index in [1.807, 2.05) is 6.92 Å². The van der Waals surface area contributed by atoms with Crippen LogP contribution in [0.2, 0.25) is 0 Å². The number of carbonyl (C=O) groups is 1. The lowest BCUT2D eigenvalue weighted by Gasteiger charge is -2.63. The summed E-state index contributed by atoms with van der Waals surface area (Å²) < 4.78 is 0. The van der Waals surface area contributed by atoms with Crippen LogP contribution in [0.25, 0.3) is 0 Å². The number of anilines is 1. The van der Waals surface area contributed by atoms with Crippen LogP contribution in [0.5, 0.6) is 0 Å². The monoisotopic (exact) mass is 461 g/mol. The normalized spacial score (nSPS) is 45.4. The molecule has 34 heavy (non-hydrogen) atoms. The van der Waals surface area contributed by atoms with Crippen LogP contribution in [-0.4, -0.2) is 30.6 Å². The van der Waals surface area contributed by atoms with Gasteiger partial charge in [0.05, 0.1) is 0 Å². The summed E-state index contributed by atoms with van der Waals surface area (Å²) >= 11 is 0. The Balaban J connectivity index is 1.47. The van der Waals surface area contributed by atoms with Crippen molar-refractivity contribution in [3.05, 3.63) is 29.8 Å². The molecule has 1 unspecified atom stereocenters. The molecule has 1 aromatic carbocycles. The molecule has 5 rings (SSSR count). The Morgan fingerprint density at radius 2 is 1.68 bits per heavy atom. The molecule has 4 fully saturated rings. The first kappa shape index (κ1) is 23.9. The molecule has 0 heterocycles. The average molecular weight is 462 g/mol. The van der Waals surface area contributed by atoms with Gasteiger partial charge >= 0.3 is 0 Å². The maximum Gasteiger partial charge on any atom is 0.133 e. The largest absolute Gasteiger partial charge is 0.378 e. The number of carbonyl (C=O) groups excluding carboxylic acids is 1. The molecule has 0 aliphatic heterocycles. The summed E-state index contributed by atoms with van der Waals surface area (Å²) in [5.74, 6) is 6.00. The second kappa shape index (κ2) is 8.12. The number of aliphatic hydroxyl groups is 1. The predicted octanol–water partition coefficient (Wildman–Crippen LogP) is 6.06. The SMILES string of the molecule is C#C[C@@]1(O)C[C@H]2CC[C@@H]3[C@H](CC[C@]4(C)[C@@H](C(C)=O)CC[C@@H]34)[C@@]2(C)CC1c1ccc(N(C)C)cc1. The molecular weight excluding hydrogens is 418 g/mol. The van der Waals surface area contributed by atoms with Crippen molar-refractivity contribution in [2.45, 2.75) is 83.7 Å². The van der Waals surface area contributed by atoms with Crippen molar-refractivity contribution >= 4 is 11.5 Å². The molecule has 0 bridgehead atoms. The fourth-order valence-electron chi connectivity index (χ4n) is 9.54. The van der Waals surface area contributed by atoms with Gasteiger partial charge < -0.3 is 10.0 Å². The van der Waals surface area contributed by atoms with E-state index in [-0.39, 0.29) is 22.7 Å². The van der Waals surface area contributed by atoms with E-state index in [1.54, 1.807) is 0 Å². The van der Waals surface area contributed by atoms with E-state index in [0.717, 1.165) is 19.3 Å². The fourth-order valence-corrected chi connectivity index (χ4v) is 9.54. The van der Waals surface area contributed by atoms with E-state index < -0.39 is 5.60 Å². The van der Waals surface area contributed by atoms with E-state index in [9.17, 15) is 9.90 Å². The first-order valence-electron chi connectivity index (χ1n) is 13.5. The Hall–Kier alpha value is -1.79. The van der Waals surface area contributed by atoms with Gasteiger partial charge in [-0.25, -0.2) is 0 Å². The number of nitrogens with zero attached hydrogens (tertiary/aromatic N) is 1. The third-order valence-electron chi connectivity index (χ3n) is 11.4. The Labute approximate surface area is 206 Å². The molecule has 0 saturated heterocycles. The van der Waals surface area contributed by atoms with Gasteiger partial charge in [0.25, 0.3) is 0 Å². The van der Waals surface area contributed by atoms with Crippen molar-refractivity contribution in [1.82, 2.24) is 0 Å². The number of hydrogen-bond acceptors (Lipinski definition) is 3. The van der Waals surface area contributed by atoms with Gasteiger partial charge in [-0.3, -0.25) is 4.79 Å². The van der Waals surface area contributed by atoms with Crippen molar-refractivity contribution in [2.24, 2.45) is 40.4 Å². The first-order chi connectivity index (χ1) is 16.0. The van der Waals surface area contributed by atoms with Gasteiger partial charge in [0.2, 0.25) is 0 Å². The minimum absolute atomic E-state index is 0.0319. The second-order valence-electron chi connectivity index (χ2n) is 13.0. The zero-order chi connectivity index (χ0) is 24.5. The Morgan fingerprint density at radius 3 is 2.29 bits per heavy atom. The van der Waals surface area contributed by atoms with Gasteiger partial charge in [0, 0.05) is 31.6 Å². The third-order valence-corrected chi connectivity index (χ3v) is 11.4. The molecule has 1 aromatic rings. The predicted molar refractivity (Wildman–Crippen MR) is 139 cm³/mol. The van der Waals surface area contributed by atoms with Gasteiger partial charge in [-0.15, -0.1) is 6.42 Å². The second-order valence-corrected chi connectivity index (χ2v) is 13.0. The molecule has 9 atom stereocenters. The summed E-state index contributed by atoms with van der Waals surface area (Å²) in [4.78, 5) is 14.6. The molecule has 0 amide bonds. The molecule has 4 aliphatic carbocycles. The molecule has 1 N–H and O–H groups in total. The summed E-state index contributed by atoms with van der Waals surface area (Å²) in [6.45, 7) is 6.76. The number of terminal acetylenes is 1. The van der Waals surface area contributed by atoms with Gasteiger partial charge in [0.15, 0.2) is 0 Å². The van der Waals surface area contributed by atoms with E-state index in [2.05, 4.69) is 63.0 Å². The van der Waals surface area contributed by atoms with Crippen LogP contribution >= 0.6 is 0 Å². The van der Waals surface area contributed by atoms with Crippen molar-refractivity contribution in [3.8, 4) is 12.3 Å². The summed E-state index contributed by atoms with van der Waals surface area (Å²) in [5.41, 5.74) is 1.63. The van der Waals surface area contributed by atoms with Crippen LogP contribution in [0.3, 0.4) is 0 Å². The number of fused-ring (bicyclic) bond motifs is 5. The molecule has 3 nitrogen and oxygen atoms in total. The minimum Gasteiger partial charge on any atom is -0.378 e. The van der Waals surface area contributed by atoms with E-state index in [1.165, 1.54) is 36.9 Å².